The number of aliphatic carboxylic acids is 1. The van der Waals surface area contributed by atoms with E-state index >= 15 is 0 Å². The predicted molar refractivity (Wildman–Crippen MR) is 129 cm³/mol. The number of aromatic nitrogens is 2. The minimum absolute atomic E-state index is 0.0152. The molecule has 9 heteroatoms. The molecule has 0 aliphatic heterocycles. The Hall–Kier alpha value is -4.14. The van der Waals surface area contributed by atoms with Crippen LogP contribution in [0.4, 0.5) is 4.79 Å². The fourth-order valence-electron chi connectivity index (χ4n) is 4.51. The number of amides is 2. The fourth-order valence-corrected chi connectivity index (χ4v) is 4.51. The third-order valence-corrected chi connectivity index (χ3v) is 6.14. The molecule has 2 N–H and O–H groups in total. The number of nitrogens with one attached hydrogen (secondary N) is 1. The summed E-state index contributed by atoms with van der Waals surface area (Å²) in [4.78, 5) is 37.9. The summed E-state index contributed by atoms with van der Waals surface area (Å²) in [5.41, 5.74) is 5.25. The molecule has 0 spiro atoms. The van der Waals surface area contributed by atoms with Gasteiger partial charge in [0.1, 0.15) is 13.2 Å². The molecule has 2 aromatic carbocycles. The Kier molecular flexibility index (Phi) is 7.14. The van der Waals surface area contributed by atoms with E-state index < -0.39 is 24.5 Å². The molecule has 4 rings (SSSR count). The smallest absolute Gasteiger partial charge is 0.407 e. The number of aryl methyl sites for hydroxylation is 1. The van der Waals surface area contributed by atoms with Crippen LogP contribution in [0.3, 0.4) is 0 Å². The molecule has 182 valence electrons. The molecule has 0 radical (unpaired) electrons. The zero-order valence-electron chi connectivity index (χ0n) is 19.7. The minimum atomic E-state index is -1.09. The lowest BCUT2D eigenvalue weighted by Crippen LogP contribution is -2.37. The molecule has 1 heterocycles. The highest BCUT2D eigenvalue weighted by Crippen LogP contribution is 2.44. The van der Waals surface area contributed by atoms with E-state index in [2.05, 4.69) is 22.5 Å². The van der Waals surface area contributed by atoms with Crippen LogP contribution in [0.5, 0.6) is 0 Å². The molecular weight excluding hydrogens is 448 g/mol. The molecule has 35 heavy (non-hydrogen) atoms. The summed E-state index contributed by atoms with van der Waals surface area (Å²) >= 11 is 0. The maximum atomic E-state index is 12.9. The van der Waals surface area contributed by atoms with E-state index in [4.69, 9.17) is 9.84 Å². The van der Waals surface area contributed by atoms with Gasteiger partial charge in [-0.3, -0.25) is 14.3 Å². The van der Waals surface area contributed by atoms with Crippen molar-refractivity contribution in [2.75, 3.05) is 19.7 Å². The summed E-state index contributed by atoms with van der Waals surface area (Å²) < 4.78 is 7.05. The summed E-state index contributed by atoms with van der Waals surface area (Å²) in [7, 11) is 1.66. The van der Waals surface area contributed by atoms with Gasteiger partial charge in [-0.2, -0.15) is 5.10 Å². The van der Waals surface area contributed by atoms with E-state index in [0.29, 0.717) is 18.7 Å². The van der Waals surface area contributed by atoms with Gasteiger partial charge in [0.05, 0.1) is 24.0 Å². The molecule has 1 aromatic heterocycles. The molecular formula is C26H28N4O5. The number of benzene rings is 2. The molecule has 0 saturated heterocycles. The van der Waals surface area contributed by atoms with Crippen LogP contribution < -0.4 is 5.32 Å². The van der Waals surface area contributed by atoms with Gasteiger partial charge in [-0.1, -0.05) is 55.5 Å². The van der Waals surface area contributed by atoms with Crippen molar-refractivity contribution in [3.8, 4) is 11.1 Å². The largest absolute Gasteiger partial charge is 0.480 e. The summed E-state index contributed by atoms with van der Waals surface area (Å²) in [6, 6.07) is 16.2. The Labute approximate surface area is 203 Å². The number of ether oxygens (including phenoxy) is 1. The number of hydrogen-bond acceptors (Lipinski definition) is 5. The molecule has 0 fully saturated rings. The molecule has 0 unspecified atom stereocenters. The van der Waals surface area contributed by atoms with Crippen LogP contribution in [0.15, 0.2) is 54.7 Å². The lowest BCUT2D eigenvalue weighted by molar-refractivity contribution is -0.137. The van der Waals surface area contributed by atoms with Gasteiger partial charge in [-0.15, -0.1) is 0 Å². The summed E-state index contributed by atoms with van der Waals surface area (Å²) in [5.74, 6) is -1.58. The van der Waals surface area contributed by atoms with Crippen LogP contribution in [0.25, 0.3) is 11.1 Å². The van der Waals surface area contributed by atoms with Crippen molar-refractivity contribution in [3.05, 3.63) is 77.1 Å². The second kappa shape index (κ2) is 10.4. The third kappa shape index (κ3) is 5.03. The molecule has 3 aromatic rings. The summed E-state index contributed by atoms with van der Waals surface area (Å²) in [5, 5.41) is 16.0. The highest BCUT2D eigenvalue weighted by Gasteiger charge is 2.29. The SMILES string of the molecule is CCCN(CC(=O)O)C(=O)c1cnn(C)c1CNC(=O)OCC1c2ccccc2-c2ccccc21. The average molecular weight is 477 g/mol. The molecule has 0 saturated carbocycles. The van der Waals surface area contributed by atoms with Crippen molar-refractivity contribution in [3.63, 3.8) is 0 Å². The maximum Gasteiger partial charge on any atom is 0.407 e. The lowest BCUT2D eigenvalue weighted by atomic mass is 9.98. The first-order chi connectivity index (χ1) is 16.9. The van der Waals surface area contributed by atoms with Crippen molar-refractivity contribution in [2.45, 2.75) is 25.8 Å². The van der Waals surface area contributed by atoms with Crippen molar-refractivity contribution < 1.29 is 24.2 Å². The Morgan fingerprint density at radius 3 is 2.31 bits per heavy atom. The van der Waals surface area contributed by atoms with Gasteiger partial charge >= 0.3 is 12.1 Å². The normalized spacial score (nSPS) is 12.1. The van der Waals surface area contributed by atoms with Crippen molar-refractivity contribution >= 4 is 18.0 Å². The predicted octanol–water partition coefficient (Wildman–Crippen LogP) is 3.40. The van der Waals surface area contributed by atoms with E-state index in [1.807, 2.05) is 43.3 Å². The van der Waals surface area contributed by atoms with Crippen LogP contribution in [-0.2, 0) is 23.1 Å². The van der Waals surface area contributed by atoms with Crippen LogP contribution in [0.2, 0.25) is 0 Å². The van der Waals surface area contributed by atoms with E-state index in [1.165, 1.54) is 15.8 Å². The zero-order valence-corrected chi connectivity index (χ0v) is 19.7. The number of alkyl carbamates (subject to hydrolysis) is 1. The van der Waals surface area contributed by atoms with Gasteiger partial charge in [-0.05, 0) is 28.7 Å². The first-order valence-electron chi connectivity index (χ1n) is 11.5. The number of fused-ring (bicyclic) bond motifs is 3. The van der Waals surface area contributed by atoms with Gasteiger partial charge in [0.25, 0.3) is 5.91 Å². The molecule has 0 bridgehead atoms. The summed E-state index contributed by atoms with van der Waals surface area (Å²) in [6.45, 7) is 1.96. The standard InChI is InChI=1S/C26H28N4O5/c1-3-12-30(15-24(31)32)25(33)21-13-28-29(2)23(21)14-27-26(34)35-16-22-19-10-6-4-8-17(19)18-9-5-7-11-20(18)22/h4-11,13,22H,3,12,14-16H2,1-2H3,(H,27,34)(H,31,32). The van der Waals surface area contributed by atoms with Gasteiger partial charge in [0.15, 0.2) is 0 Å². The maximum absolute atomic E-state index is 12.9. The Morgan fingerprint density at radius 2 is 1.71 bits per heavy atom. The van der Waals surface area contributed by atoms with E-state index in [9.17, 15) is 14.4 Å². The number of carboxylic acids is 1. The van der Waals surface area contributed by atoms with E-state index in [-0.39, 0.29) is 24.6 Å². The van der Waals surface area contributed by atoms with Crippen molar-refractivity contribution in [2.24, 2.45) is 7.05 Å². The van der Waals surface area contributed by atoms with Crippen molar-refractivity contribution in [1.29, 1.82) is 0 Å². The summed E-state index contributed by atoms with van der Waals surface area (Å²) in [6.07, 6.45) is 1.40. The molecule has 1 aliphatic rings. The number of carboxylic acid groups (broad SMARTS) is 1. The average Bonchev–Trinajstić information content (AvgIpc) is 3.38. The first-order valence-corrected chi connectivity index (χ1v) is 11.5. The number of nitrogens with zero attached hydrogens (tertiary/aromatic N) is 3. The van der Waals surface area contributed by atoms with E-state index in [0.717, 1.165) is 22.3 Å². The molecule has 1 aliphatic carbocycles. The van der Waals surface area contributed by atoms with Gasteiger partial charge in [-0.25, -0.2) is 4.79 Å². The molecule has 2 amide bonds. The van der Waals surface area contributed by atoms with Gasteiger partial charge in [0, 0.05) is 19.5 Å². The first kappa shape index (κ1) is 24.0. The fraction of sp³-hybridized carbons (Fsp3) is 0.308. The second-order valence-electron chi connectivity index (χ2n) is 8.43. The van der Waals surface area contributed by atoms with E-state index in [1.54, 1.807) is 7.05 Å². The topological polar surface area (TPSA) is 114 Å². The van der Waals surface area contributed by atoms with Crippen LogP contribution in [0.1, 0.15) is 46.4 Å². The Morgan fingerprint density at radius 1 is 1.09 bits per heavy atom. The van der Waals surface area contributed by atoms with Gasteiger partial charge < -0.3 is 20.1 Å². The van der Waals surface area contributed by atoms with Gasteiger partial charge in [0.2, 0.25) is 0 Å². The number of hydrogen-bond donors (Lipinski definition) is 2. The Bertz CT molecular complexity index is 1210. The lowest BCUT2D eigenvalue weighted by Gasteiger charge is -2.20. The molecule has 0 atom stereocenters. The zero-order chi connectivity index (χ0) is 24.9. The number of carbonyl (C=O) groups excluding carboxylic acids is 2. The van der Waals surface area contributed by atoms with Crippen LogP contribution in [-0.4, -0.2) is 57.5 Å². The quantitative estimate of drug-likeness (QED) is 0.489. The minimum Gasteiger partial charge on any atom is -0.480 e. The highest BCUT2D eigenvalue weighted by atomic mass is 16.5. The number of rotatable bonds is 9. The highest BCUT2D eigenvalue weighted by molar-refractivity contribution is 5.96. The third-order valence-electron chi connectivity index (χ3n) is 6.14. The second-order valence-corrected chi connectivity index (χ2v) is 8.43. The monoisotopic (exact) mass is 476 g/mol. The van der Waals surface area contributed by atoms with Crippen LogP contribution in [0, 0.1) is 0 Å². The number of carbonyl (C=O) groups is 3. The molecule has 9 nitrogen and oxygen atoms in total. The Balaban J connectivity index is 1.41. The van der Waals surface area contributed by atoms with Crippen LogP contribution >= 0.6 is 0 Å². The van der Waals surface area contributed by atoms with Crippen molar-refractivity contribution in [1.82, 2.24) is 20.0 Å².